The lowest BCUT2D eigenvalue weighted by molar-refractivity contribution is 0.0976. The summed E-state index contributed by atoms with van der Waals surface area (Å²) in [6.45, 7) is 1.76. The van der Waals surface area contributed by atoms with Gasteiger partial charge in [0.1, 0.15) is 0 Å². The largest absolute Gasteiger partial charge is 0.370 e. The van der Waals surface area contributed by atoms with Gasteiger partial charge in [0.15, 0.2) is 5.96 Å². The van der Waals surface area contributed by atoms with Crippen molar-refractivity contribution >= 4 is 17.8 Å². The Hall–Kier alpha value is -2.44. The van der Waals surface area contributed by atoms with Crippen LogP contribution in [-0.4, -0.2) is 22.8 Å². The number of amides is 1. The van der Waals surface area contributed by atoms with Gasteiger partial charge in [-0.2, -0.15) is 0 Å². The van der Waals surface area contributed by atoms with E-state index in [2.05, 4.69) is 15.6 Å². The molecule has 0 aliphatic rings. The highest BCUT2D eigenvalue weighted by atomic mass is 16.1. The van der Waals surface area contributed by atoms with Gasteiger partial charge >= 0.3 is 0 Å². The van der Waals surface area contributed by atoms with Crippen LogP contribution >= 0.6 is 0 Å². The summed E-state index contributed by atoms with van der Waals surface area (Å²) in [4.78, 5) is 15.5. The molecule has 0 saturated carbocycles. The van der Waals surface area contributed by atoms with Crippen molar-refractivity contribution in [2.24, 2.45) is 5.73 Å². The number of nitrogens with two attached hydrogens (primary N) is 1. The molecule has 0 aliphatic heterocycles. The molecule has 7 nitrogen and oxygen atoms in total. The Balaban J connectivity index is 2.66. The van der Waals surface area contributed by atoms with E-state index in [1.807, 2.05) is 0 Å². The van der Waals surface area contributed by atoms with Crippen LogP contribution in [0.3, 0.4) is 0 Å². The maximum Gasteiger partial charge on any atom is 0.258 e. The van der Waals surface area contributed by atoms with Gasteiger partial charge in [-0.3, -0.25) is 31.2 Å². The molecule has 0 bridgehead atoms. The van der Waals surface area contributed by atoms with Crippen molar-refractivity contribution in [3.05, 3.63) is 29.6 Å². The molecule has 0 atom stereocenters. The zero-order valence-corrected chi connectivity index (χ0v) is 8.66. The first kappa shape index (κ1) is 11.6. The molecule has 1 heterocycles. The lowest BCUT2D eigenvalue weighted by Gasteiger charge is -2.07. The van der Waals surface area contributed by atoms with Crippen molar-refractivity contribution in [2.45, 2.75) is 6.92 Å². The molecule has 0 unspecified atom stereocenters. The van der Waals surface area contributed by atoms with Crippen LogP contribution in [0.15, 0.2) is 18.3 Å². The Morgan fingerprint density at radius 1 is 1.44 bits per heavy atom. The molecule has 1 aromatic heterocycles. The van der Waals surface area contributed by atoms with Crippen LogP contribution in [0.4, 0.5) is 0 Å². The Morgan fingerprint density at radius 3 is 2.69 bits per heavy atom. The van der Waals surface area contributed by atoms with Gasteiger partial charge in [-0.15, -0.1) is 0 Å². The van der Waals surface area contributed by atoms with Gasteiger partial charge in [-0.25, -0.2) is 0 Å². The molecular weight excluding hydrogens is 208 g/mol. The number of aromatic nitrogens is 1. The van der Waals surface area contributed by atoms with Gasteiger partial charge in [-0.05, 0) is 19.1 Å². The standard InChI is InChI=1S/C9H12N6O/c1-5-4-6(2-3-13-5)7(16)14-9(12)15-8(10)11/h2-4H,1H3,(H6,10,11,12,14,15,16). The Labute approximate surface area is 92.1 Å². The zero-order valence-electron chi connectivity index (χ0n) is 8.66. The molecule has 0 radical (unpaired) electrons. The molecule has 84 valence electrons. The molecule has 0 fully saturated rings. The third-order valence-corrected chi connectivity index (χ3v) is 1.66. The first-order valence-corrected chi connectivity index (χ1v) is 4.42. The number of hydrogen-bond acceptors (Lipinski definition) is 4. The van der Waals surface area contributed by atoms with Crippen LogP contribution < -0.4 is 16.4 Å². The number of nitrogens with one attached hydrogen (secondary N) is 4. The minimum Gasteiger partial charge on any atom is -0.370 e. The molecule has 0 aliphatic carbocycles. The molecule has 16 heavy (non-hydrogen) atoms. The van der Waals surface area contributed by atoms with E-state index in [0.717, 1.165) is 0 Å². The van der Waals surface area contributed by atoms with Crippen molar-refractivity contribution in [1.29, 1.82) is 10.8 Å². The summed E-state index contributed by atoms with van der Waals surface area (Å²) in [5.74, 6) is -1.20. The Morgan fingerprint density at radius 2 is 2.12 bits per heavy atom. The number of rotatable bonds is 1. The van der Waals surface area contributed by atoms with Gasteiger partial charge in [0.05, 0.1) is 0 Å². The average molecular weight is 220 g/mol. The number of nitrogens with zero attached hydrogens (tertiary/aromatic N) is 1. The number of carbonyl (C=O) groups excluding carboxylic acids is 1. The van der Waals surface area contributed by atoms with Crippen molar-refractivity contribution in [3.8, 4) is 0 Å². The molecule has 6 N–H and O–H groups in total. The first-order chi connectivity index (χ1) is 7.49. The lowest BCUT2D eigenvalue weighted by Crippen LogP contribution is -2.45. The number of carbonyl (C=O) groups is 1. The highest BCUT2D eigenvalue weighted by molar-refractivity contribution is 6.08. The quantitative estimate of drug-likeness (QED) is 0.324. The van der Waals surface area contributed by atoms with Crippen LogP contribution in [0, 0.1) is 17.7 Å². The molecule has 1 aromatic rings. The maximum absolute atomic E-state index is 11.6. The highest BCUT2D eigenvalue weighted by Gasteiger charge is 2.08. The van der Waals surface area contributed by atoms with E-state index < -0.39 is 11.9 Å². The van der Waals surface area contributed by atoms with Crippen LogP contribution in [0.5, 0.6) is 0 Å². The monoisotopic (exact) mass is 220 g/mol. The summed E-state index contributed by atoms with van der Waals surface area (Å²) in [6, 6.07) is 3.12. The third-order valence-electron chi connectivity index (χ3n) is 1.66. The van der Waals surface area contributed by atoms with E-state index >= 15 is 0 Å². The SMILES string of the molecule is Cc1cc(C(=O)NC(=N)NC(=N)N)ccn1. The van der Waals surface area contributed by atoms with Crippen LogP contribution in [0.2, 0.25) is 0 Å². The van der Waals surface area contributed by atoms with E-state index in [9.17, 15) is 4.79 Å². The summed E-state index contributed by atoms with van der Waals surface area (Å²) >= 11 is 0. The highest BCUT2D eigenvalue weighted by Crippen LogP contribution is 1.99. The van der Waals surface area contributed by atoms with E-state index in [-0.39, 0.29) is 5.96 Å². The number of aryl methyl sites for hydroxylation is 1. The summed E-state index contributed by atoms with van der Waals surface area (Å²) < 4.78 is 0. The summed E-state index contributed by atoms with van der Waals surface area (Å²) in [6.07, 6.45) is 1.51. The van der Waals surface area contributed by atoms with Crippen LogP contribution in [0.1, 0.15) is 16.1 Å². The summed E-state index contributed by atoms with van der Waals surface area (Å²) in [7, 11) is 0. The van der Waals surface area contributed by atoms with Crippen molar-refractivity contribution in [3.63, 3.8) is 0 Å². The zero-order chi connectivity index (χ0) is 12.1. The predicted molar refractivity (Wildman–Crippen MR) is 59.2 cm³/mol. The van der Waals surface area contributed by atoms with E-state index in [1.165, 1.54) is 12.3 Å². The molecule has 1 rings (SSSR count). The second-order valence-corrected chi connectivity index (χ2v) is 3.05. The molecule has 1 amide bonds. The summed E-state index contributed by atoms with van der Waals surface area (Å²) in [5, 5.41) is 18.5. The molecule has 0 aromatic carbocycles. The second-order valence-electron chi connectivity index (χ2n) is 3.05. The first-order valence-electron chi connectivity index (χ1n) is 4.42. The maximum atomic E-state index is 11.6. The minimum atomic E-state index is -0.454. The molecular formula is C9H12N6O. The van der Waals surface area contributed by atoms with E-state index in [1.54, 1.807) is 13.0 Å². The second kappa shape index (κ2) is 4.87. The molecule has 7 heteroatoms. The van der Waals surface area contributed by atoms with Gasteiger partial charge < -0.3 is 5.73 Å². The van der Waals surface area contributed by atoms with Gasteiger partial charge in [0, 0.05) is 17.5 Å². The molecule has 0 spiro atoms. The van der Waals surface area contributed by atoms with Gasteiger partial charge in [0.2, 0.25) is 5.96 Å². The van der Waals surface area contributed by atoms with E-state index in [4.69, 9.17) is 16.6 Å². The van der Waals surface area contributed by atoms with E-state index in [0.29, 0.717) is 11.3 Å². The van der Waals surface area contributed by atoms with Gasteiger partial charge in [-0.1, -0.05) is 0 Å². The van der Waals surface area contributed by atoms with Crippen LogP contribution in [-0.2, 0) is 0 Å². The average Bonchev–Trinajstić information content (AvgIpc) is 2.16. The number of guanidine groups is 2. The smallest absolute Gasteiger partial charge is 0.258 e. The number of hydrogen-bond donors (Lipinski definition) is 5. The fourth-order valence-electron chi connectivity index (χ4n) is 1.04. The predicted octanol–water partition coefficient (Wildman–Crippen LogP) is -0.462. The number of pyridine rings is 1. The fraction of sp³-hybridized carbons (Fsp3) is 0.111. The van der Waals surface area contributed by atoms with Crippen molar-refractivity contribution in [2.75, 3.05) is 0 Å². The normalized spacial score (nSPS) is 9.31. The molecule has 0 saturated heterocycles. The Kier molecular flexibility index (Phi) is 3.54. The fourth-order valence-corrected chi connectivity index (χ4v) is 1.04. The van der Waals surface area contributed by atoms with Gasteiger partial charge in [0.25, 0.3) is 5.91 Å². The summed E-state index contributed by atoms with van der Waals surface area (Å²) in [5.41, 5.74) is 6.10. The van der Waals surface area contributed by atoms with Crippen molar-refractivity contribution < 1.29 is 4.79 Å². The van der Waals surface area contributed by atoms with Crippen molar-refractivity contribution in [1.82, 2.24) is 15.6 Å². The van der Waals surface area contributed by atoms with Crippen LogP contribution in [0.25, 0.3) is 0 Å². The topological polar surface area (TPSA) is 128 Å². The third kappa shape index (κ3) is 3.37. The minimum absolute atomic E-state index is 0.341. The Bertz CT molecular complexity index is 441. The lowest BCUT2D eigenvalue weighted by atomic mass is 10.2.